The highest BCUT2D eigenvalue weighted by Crippen LogP contribution is 2.13. The fourth-order valence-electron chi connectivity index (χ4n) is 1.62. The Morgan fingerprint density at radius 2 is 2.00 bits per heavy atom. The quantitative estimate of drug-likeness (QED) is 0.716. The number of nitrogens with one attached hydrogen (secondary N) is 1. The predicted molar refractivity (Wildman–Crippen MR) is 78.0 cm³/mol. The van der Waals surface area contributed by atoms with Gasteiger partial charge in [0.15, 0.2) is 0 Å². The van der Waals surface area contributed by atoms with Crippen molar-refractivity contribution in [1.29, 1.82) is 0 Å². The Morgan fingerprint density at radius 3 is 2.55 bits per heavy atom. The van der Waals surface area contributed by atoms with Crippen LogP contribution in [0.25, 0.3) is 0 Å². The number of hydrogen-bond donors (Lipinski definition) is 3. The molecule has 0 fully saturated rings. The van der Waals surface area contributed by atoms with Crippen LogP contribution in [0.4, 0.5) is 5.82 Å². The SMILES string of the molecule is CCCc1cc(C(=O)NCC(C)(C)C(N)=O)cc(N)n1. The standard InChI is InChI=1S/C14H22N4O2/c1-4-5-10-6-9(7-11(15)18-10)12(19)17-8-14(2,3)13(16)20/h6-7H,4-5,8H2,1-3H3,(H2,15,18)(H2,16,20)(H,17,19). The first-order valence-corrected chi connectivity index (χ1v) is 6.61. The highest BCUT2D eigenvalue weighted by molar-refractivity contribution is 5.95. The van der Waals surface area contributed by atoms with Crippen molar-refractivity contribution in [3.05, 3.63) is 23.4 Å². The molecule has 0 aliphatic heterocycles. The van der Waals surface area contributed by atoms with Crippen molar-refractivity contribution < 1.29 is 9.59 Å². The zero-order chi connectivity index (χ0) is 15.3. The molecule has 20 heavy (non-hydrogen) atoms. The number of nitrogens with two attached hydrogens (primary N) is 2. The van der Waals surface area contributed by atoms with Crippen LogP contribution in [0.1, 0.15) is 43.2 Å². The number of primary amides is 1. The van der Waals surface area contributed by atoms with Gasteiger partial charge in [0, 0.05) is 17.8 Å². The second-order valence-electron chi connectivity index (χ2n) is 5.45. The summed E-state index contributed by atoms with van der Waals surface area (Å²) < 4.78 is 0. The molecule has 0 aromatic carbocycles. The van der Waals surface area contributed by atoms with Crippen molar-refractivity contribution in [3.8, 4) is 0 Å². The van der Waals surface area contributed by atoms with Gasteiger partial charge in [-0.15, -0.1) is 0 Å². The molecule has 1 aromatic heterocycles. The third kappa shape index (κ3) is 4.22. The summed E-state index contributed by atoms with van der Waals surface area (Å²) in [5.74, 6) is -0.431. The molecule has 0 aliphatic carbocycles. The van der Waals surface area contributed by atoms with Gasteiger partial charge in [-0.2, -0.15) is 0 Å². The number of aromatic nitrogens is 1. The van der Waals surface area contributed by atoms with Gasteiger partial charge in [0.1, 0.15) is 5.82 Å². The maximum atomic E-state index is 12.1. The number of carbonyl (C=O) groups excluding carboxylic acids is 2. The summed E-state index contributed by atoms with van der Waals surface area (Å²) in [6.07, 6.45) is 1.68. The lowest BCUT2D eigenvalue weighted by Crippen LogP contribution is -2.42. The van der Waals surface area contributed by atoms with E-state index < -0.39 is 11.3 Å². The third-order valence-electron chi connectivity index (χ3n) is 3.02. The maximum Gasteiger partial charge on any atom is 0.251 e. The summed E-state index contributed by atoms with van der Waals surface area (Å²) in [5, 5.41) is 2.69. The van der Waals surface area contributed by atoms with E-state index in [0.717, 1.165) is 18.5 Å². The molecule has 0 saturated heterocycles. The van der Waals surface area contributed by atoms with E-state index >= 15 is 0 Å². The summed E-state index contributed by atoms with van der Waals surface area (Å²) in [5.41, 5.74) is 11.4. The zero-order valence-corrected chi connectivity index (χ0v) is 12.2. The average molecular weight is 278 g/mol. The van der Waals surface area contributed by atoms with Gasteiger partial charge in [0.25, 0.3) is 5.91 Å². The fourth-order valence-corrected chi connectivity index (χ4v) is 1.62. The molecule has 1 heterocycles. The lowest BCUT2D eigenvalue weighted by molar-refractivity contribution is -0.125. The molecule has 1 rings (SSSR count). The maximum absolute atomic E-state index is 12.1. The zero-order valence-electron chi connectivity index (χ0n) is 12.2. The number of carbonyl (C=O) groups is 2. The van der Waals surface area contributed by atoms with E-state index in [9.17, 15) is 9.59 Å². The molecule has 6 nitrogen and oxygen atoms in total. The third-order valence-corrected chi connectivity index (χ3v) is 3.02. The minimum Gasteiger partial charge on any atom is -0.384 e. The van der Waals surface area contributed by atoms with Gasteiger partial charge in [0.05, 0.1) is 5.41 Å². The Bertz CT molecular complexity index is 512. The second-order valence-corrected chi connectivity index (χ2v) is 5.45. The minimum atomic E-state index is -0.791. The predicted octanol–water partition coefficient (Wildman–Crippen LogP) is 0.858. The summed E-state index contributed by atoms with van der Waals surface area (Å²) in [7, 11) is 0. The van der Waals surface area contributed by atoms with Crippen molar-refractivity contribution in [1.82, 2.24) is 10.3 Å². The van der Waals surface area contributed by atoms with E-state index in [1.807, 2.05) is 6.92 Å². The molecule has 110 valence electrons. The number of aryl methyl sites for hydroxylation is 1. The van der Waals surface area contributed by atoms with Crippen LogP contribution in [-0.4, -0.2) is 23.3 Å². The molecule has 0 bridgehead atoms. The van der Waals surface area contributed by atoms with Crippen LogP contribution >= 0.6 is 0 Å². The second kappa shape index (κ2) is 6.36. The molecular formula is C14H22N4O2. The van der Waals surface area contributed by atoms with Crippen LogP contribution < -0.4 is 16.8 Å². The van der Waals surface area contributed by atoms with Crippen molar-refractivity contribution in [2.45, 2.75) is 33.6 Å². The first-order valence-electron chi connectivity index (χ1n) is 6.61. The van der Waals surface area contributed by atoms with Crippen molar-refractivity contribution >= 4 is 17.6 Å². The average Bonchev–Trinajstić information content (AvgIpc) is 2.35. The molecule has 1 aromatic rings. The molecule has 0 aliphatic rings. The van der Waals surface area contributed by atoms with Gasteiger partial charge in [-0.25, -0.2) is 4.98 Å². The molecular weight excluding hydrogens is 256 g/mol. The van der Waals surface area contributed by atoms with Gasteiger partial charge in [-0.3, -0.25) is 9.59 Å². The number of amides is 2. The minimum absolute atomic E-state index is 0.173. The lowest BCUT2D eigenvalue weighted by atomic mass is 9.92. The first kappa shape index (κ1) is 15.9. The van der Waals surface area contributed by atoms with E-state index in [2.05, 4.69) is 10.3 Å². The van der Waals surface area contributed by atoms with Crippen LogP contribution in [0.5, 0.6) is 0 Å². The molecule has 6 heteroatoms. The van der Waals surface area contributed by atoms with E-state index in [1.165, 1.54) is 6.07 Å². The number of nitrogens with zero attached hydrogens (tertiary/aromatic N) is 1. The molecule has 2 amide bonds. The summed E-state index contributed by atoms with van der Waals surface area (Å²) in [6.45, 7) is 5.56. The number of pyridine rings is 1. The fraction of sp³-hybridized carbons (Fsp3) is 0.500. The smallest absolute Gasteiger partial charge is 0.251 e. The van der Waals surface area contributed by atoms with Crippen molar-refractivity contribution in [2.24, 2.45) is 11.1 Å². The van der Waals surface area contributed by atoms with Gasteiger partial charge >= 0.3 is 0 Å². The first-order chi connectivity index (χ1) is 9.26. The van der Waals surface area contributed by atoms with Crippen LogP contribution in [0.2, 0.25) is 0 Å². The van der Waals surface area contributed by atoms with E-state index in [1.54, 1.807) is 19.9 Å². The van der Waals surface area contributed by atoms with Gasteiger partial charge in [-0.1, -0.05) is 13.3 Å². The Labute approximate surface area is 118 Å². The number of anilines is 1. The van der Waals surface area contributed by atoms with Gasteiger partial charge < -0.3 is 16.8 Å². The van der Waals surface area contributed by atoms with E-state index in [4.69, 9.17) is 11.5 Å². The van der Waals surface area contributed by atoms with Crippen LogP contribution in [0.15, 0.2) is 12.1 Å². The van der Waals surface area contributed by atoms with Gasteiger partial charge in [-0.05, 0) is 32.4 Å². The largest absolute Gasteiger partial charge is 0.384 e. The Kier molecular flexibility index (Phi) is 5.07. The number of nitrogen functional groups attached to an aromatic ring is 1. The summed E-state index contributed by atoms with van der Waals surface area (Å²) in [6, 6.07) is 3.23. The molecule has 0 saturated carbocycles. The van der Waals surface area contributed by atoms with Crippen LogP contribution in [0, 0.1) is 5.41 Å². The number of hydrogen-bond acceptors (Lipinski definition) is 4. The normalized spacial score (nSPS) is 11.2. The highest BCUT2D eigenvalue weighted by Gasteiger charge is 2.25. The monoisotopic (exact) mass is 278 g/mol. The molecule has 0 atom stereocenters. The van der Waals surface area contributed by atoms with Gasteiger partial charge in [0.2, 0.25) is 5.91 Å². The Balaban J connectivity index is 2.80. The summed E-state index contributed by atoms with van der Waals surface area (Å²) in [4.78, 5) is 27.4. The molecule has 0 radical (unpaired) electrons. The van der Waals surface area contributed by atoms with Crippen molar-refractivity contribution in [3.63, 3.8) is 0 Å². The van der Waals surface area contributed by atoms with Crippen molar-refractivity contribution in [2.75, 3.05) is 12.3 Å². The Hall–Kier alpha value is -2.11. The lowest BCUT2D eigenvalue weighted by Gasteiger charge is -2.20. The molecule has 5 N–H and O–H groups in total. The number of rotatable bonds is 6. The summed E-state index contributed by atoms with van der Waals surface area (Å²) >= 11 is 0. The van der Waals surface area contributed by atoms with E-state index in [-0.39, 0.29) is 12.5 Å². The topological polar surface area (TPSA) is 111 Å². The van der Waals surface area contributed by atoms with Crippen LogP contribution in [-0.2, 0) is 11.2 Å². The highest BCUT2D eigenvalue weighted by atomic mass is 16.2. The molecule has 0 unspecified atom stereocenters. The molecule has 0 spiro atoms. The van der Waals surface area contributed by atoms with Crippen LogP contribution in [0.3, 0.4) is 0 Å². The Morgan fingerprint density at radius 1 is 1.35 bits per heavy atom. The van der Waals surface area contributed by atoms with E-state index in [0.29, 0.717) is 11.4 Å².